The van der Waals surface area contributed by atoms with Crippen LogP contribution in [0.5, 0.6) is 0 Å². The molecule has 0 spiro atoms. The standard InChI is InChI=1S/C15H30N2O2/c1-2-15(19)8-13-7-14(16-9-12-3-4-12)11-17(10-13)5-6-18/h12-16,18-19H,2-11H2,1H3. The third-order valence-electron chi connectivity index (χ3n) is 4.50. The average molecular weight is 270 g/mol. The molecule has 19 heavy (non-hydrogen) atoms. The van der Waals surface area contributed by atoms with Gasteiger partial charge in [0.15, 0.2) is 0 Å². The first-order valence-electron chi connectivity index (χ1n) is 7.95. The fourth-order valence-corrected chi connectivity index (χ4v) is 3.15. The van der Waals surface area contributed by atoms with Gasteiger partial charge in [-0.3, -0.25) is 4.90 Å². The van der Waals surface area contributed by atoms with Crippen molar-refractivity contribution in [1.29, 1.82) is 0 Å². The second-order valence-electron chi connectivity index (χ2n) is 6.43. The van der Waals surface area contributed by atoms with Crippen LogP contribution in [0, 0.1) is 11.8 Å². The summed E-state index contributed by atoms with van der Waals surface area (Å²) in [6.07, 6.45) is 5.53. The molecular formula is C15H30N2O2. The van der Waals surface area contributed by atoms with Gasteiger partial charge < -0.3 is 15.5 Å². The van der Waals surface area contributed by atoms with Gasteiger partial charge in [-0.05, 0) is 50.5 Å². The molecule has 1 aliphatic carbocycles. The van der Waals surface area contributed by atoms with Crippen LogP contribution in [-0.2, 0) is 0 Å². The number of aliphatic hydroxyl groups is 2. The summed E-state index contributed by atoms with van der Waals surface area (Å²) in [5.74, 6) is 1.47. The van der Waals surface area contributed by atoms with E-state index in [-0.39, 0.29) is 12.7 Å². The molecule has 0 bridgehead atoms. The third kappa shape index (κ3) is 5.38. The van der Waals surface area contributed by atoms with E-state index < -0.39 is 0 Å². The van der Waals surface area contributed by atoms with E-state index in [0.717, 1.165) is 44.9 Å². The van der Waals surface area contributed by atoms with Crippen molar-refractivity contribution in [1.82, 2.24) is 10.2 Å². The van der Waals surface area contributed by atoms with Crippen LogP contribution in [0.25, 0.3) is 0 Å². The Morgan fingerprint density at radius 2 is 2.05 bits per heavy atom. The molecule has 1 saturated heterocycles. The molecule has 0 aromatic rings. The summed E-state index contributed by atoms with van der Waals surface area (Å²) in [4.78, 5) is 2.35. The van der Waals surface area contributed by atoms with Crippen molar-refractivity contribution < 1.29 is 10.2 Å². The molecule has 1 heterocycles. The van der Waals surface area contributed by atoms with E-state index in [0.29, 0.717) is 12.0 Å². The van der Waals surface area contributed by atoms with Crippen molar-refractivity contribution in [3.8, 4) is 0 Å². The highest BCUT2D eigenvalue weighted by molar-refractivity contribution is 4.86. The molecule has 0 aromatic heterocycles. The number of piperidine rings is 1. The zero-order valence-electron chi connectivity index (χ0n) is 12.2. The zero-order chi connectivity index (χ0) is 13.7. The van der Waals surface area contributed by atoms with Gasteiger partial charge in [0.1, 0.15) is 0 Å². The predicted octanol–water partition coefficient (Wildman–Crippen LogP) is 0.830. The smallest absolute Gasteiger partial charge is 0.0558 e. The fraction of sp³-hybridized carbons (Fsp3) is 1.00. The molecular weight excluding hydrogens is 240 g/mol. The minimum atomic E-state index is -0.164. The Kier molecular flexibility index (Phi) is 6.07. The van der Waals surface area contributed by atoms with Gasteiger partial charge in [-0.15, -0.1) is 0 Å². The molecule has 3 N–H and O–H groups in total. The number of hydrogen-bond acceptors (Lipinski definition) is 4. The maximum absolute atomic E-state index is 9.85. The molecule has 0 amide bonds. The molecule has 4 heteroatoms. The van der Waals surface area contributed by atoms with Crippen LogP contribution in [-0.4, -0.2) is 60.0 Å². The summed E-state index contributed by atoms with van der Waals surface area (Å²) in [6.45, 7) is 6.27. The molecule has 1 aliphatic heterocycles. The minimum absolute atomic E-state index is 0.164. The van der Waals surface area contributed by atoms with Gasteiger partial charge in [-0.2, -0.15) is 0 Å². The van der Waals surface area contributed by atoms with Crippen LogP contribution in [0.2, 0.25) is 0 Å². The first-order chi connectivity index (χ1) is 9.21. The molecule has 0 aromatic carbocycles. The number of hydrogen-bond donors (Lipinski definition) is 3. The van der Waals surface area contributed by atoms with Gasteiger partial charge in [0, 0.05) is 25.7 Å². The first-order valence-corrected chi connectivity index (χ1v) is 7.95. The van der Waals surface area contributed by atoms with Gasteiger partial charge in [0.2, 0.25) is 0 Å². The molecule has 3 unspecified atom stereocenters. The molecule has 2 aliphatic rings. The monoisotopic (exact) mass is 270 g/mol. The van der Waals surface area contributed by atoms with E-state index in [1.54, 1.807) is 0 Å². The van der Waals surface area contributed by atoms with Gasteiger partial charge in [-0.25, -0.2) is 0 Å². The average Bonchev–Trinajstić information content (AvgIpc) is 3.20. The van der Waals surface area contributed by atoms with Gasteiger partial charge >= 0.3 is 0 Å². The van der Waals surface area contributed by atoms with Gasteiger partial charge in [0.25, 0.3) is 0 Å². The van der Waals surface area contributed by atoms with Crippen molar-refractivity contribution in [2.45, 2.75) is 51.2 Å². The topological polar surface area (TPSA) is 55.7 Å². The highest BCUT2D eigenvalue weighted by Gasteiger charge is 2.29. The van der Waals surface area contributed by atoms with Crippen LogP contribution in [0.1, 0.15) is 39.0 Å². The zero-order valence-corrected chi connectivity index (χ0v) is 12.2. The van der Waals surface area contributed by atoms with Crippen molar-refractivity contribution in [3.05, 3.63) is 0 Å². The van der Waals surface area contributed by atoms with Gasteiger partial charge in [-0.1, -0.05) is 6.92 Å². The molecule has 112 valence electrons. The maximum atomic E-state index is 9.85. The van der Waals surface area contributed by atoms with Crippen LogP contribution in [0.4, 0.5) is 0 Å². The maximum Gasteiger partial charge on any atom is 0.0558 e. The van der Waals surface area contributed by atoms with Crippen LogP contribution in [0.3, 0.4) is 0 Å². The Bertz CT molecular complexity index is 259. The highest BCUT2D eigenvalue weighted by atomic mass is 16.3. The Balaban J connectivity index is 1.79. The minimum Gasteiger partial charge on any atom is -0.395 e. The van der Waals surface area contributed by atoms with Crippen molar-refractivity contribution >= 4 is 0 Å². The van der Waals surface area contributed by atoms with Crippen LogP contribution >= 0.6 is 0 Å². The lowest BCUT2D eigenvalue weighted by Crippen LogP contribution is -2.50. The molecule has 1 saturated carbocycles. The van der Waals surface area contributed by atoms with E-state index >= 15 is 0 Å². The molecule has 0 radical (unpaired) electrons. The number of likely N-dealkylation sites (tertiary alicyclic amines) is 1. The third-order valence-corrected chi connectivity index (χ3v) is 4.50. The highest BCUT2D eigenvalue weighted by Crippen LogP contribution is 2.28. The van der Waals surface area contributed by atoms with Crippen LogP contribution < -0.4 is 5.32 Å². The van der Waals surface area contributed by atoms with E-state index in [1.807, 2.05) is 6.92 Å². The molecule has 3 atom stereocenters. The molecule has 2 rings (SSSR count). The summed E-state index contributed by atoms with van der Waals surface area (Å²) in [6, 6.07) is 0.537. The lowest BCUT2D eigenvalue weighted by molar-refractivity contribution is 0.0746. The van der Waals surface area contributed by atoms with Crippen molar-refractivity contribution in [2.24, 2.45) is 11.8 Å². The second-order valence-corrected chi connectivity index (χ2v) is 6.43. The summed E-state index contributed by atoms with van der Waals surface area (Å²) in [7, 11) is 0. The van der Waals surface area contributed by atoms with E-state index in [1.165, 1.54) is 19.3 Å². The molecule has 2 fully saturated rings. The number of nitrogens with one attached hydrogen (secondary N) is 1. The lowest BCUT2D eigenvalue weighted by Gasteiger charge is -2.38. The number of aliphatic hydroxyl groups excluding tert-OH is 2. The Labute approximate surface area is 117 Å². The quantitative estimate of drug-likeness (QED) is 0.611. The van der Waals surface area contributed by atoms with Crippen LogP contribution in [0.15, 0.2) is 0 Å². The summed E-state index contributed by atoms with van der Waals surface area (Å²) < 4.78 is 0. The van der Waals surface area contributed by atoms with E-state index in [4.69, 9.17) is 5.11 Å². The Morgan fingerprint density at radius 1 is 1.26 bits per heavy atom. The van der Waals surface area contributed by atoms with Crippen molar-refractivity contribution in [2.75, 3.05) is 32.8 Å². The Morgan fingerprint density at radius 3 is 2.68 bits per heavy atom. The predicted molar refractivity (Wildman–Crippen MR) is 77.1 cm³/mol. The number of rotatable bonds is 8. The second kappa shape index (κ2) is 7.58. The summed E-state index contributed by atoms with van der Waals surface area (Å²) in [5, 5.41) is 22.7. The van der Waals surface area contributed by atoms with E-state index in [2.05, 4.69) is 10.2 Å². The largest absolute Gasteiger partial charge is 0.395 e. The van der Waals surface area contributed by atoms with E-state index in [9.17, 15) is 5.11 Å². The Hall–Kier alpha value is -0.160. The number of nitrogens with zero attached hydrogens (tertiary/aromatic N) is 1. The summed E-state index contributed by atoms with van der Waals surface area (Å²) >= 11 is 0. The first kappa shape index (κ1) is 15.2. The fourth-order valence-electron chi connectivity index (χ4n) is 3.15. The normalized spacial score (nSPS) is 30.5. The van der Waals surface area contributed by atoms with Crippen molar-refractivity contribution in [3.63, 3.8) is 0 Å². The molecule has 4 nitrogen and oxygen atoms in total. The SMILES string of the molecule is CCC(O)CC1CC(NCC2CC2)CN(CCO)C1. The lowest BCUT2D eigenvalue weighted by atomic mass is 9.89. The number of β-amino-alcohol motifs (C(OH)–C–C–N with tert-alkyl or cyclic N) is 1. The van der Waals surface area contributed by atoms with Gasteiger partial charge in [0.05, 0.1) is 12.7 Å². The summed E-state index contributed by atoms with van der Waals surface area (Å²) in [5.41, 5.74) is 0.